The largest absolute Gasteiger partial charge is 0.368 e. The third-order valence-electron chi connectivity index (χ3n) is 2.75. The summed E-state index contributed by atoms with van der Waals surface area (Å²) in [5, 5.41) is 3.17. The van der Waals surface area contributed by atoms with E-state index in [4.69, 9.17) is 4.74 Å². The molecule has 3 heteroatoms. The van der Waals surface area contributed by atoms with Crippen LogP contribution >= 0.6 is 0 Å². The molecule has 1 aromatic carbocycles. The molecule has 0 aliphatic carbocycles. The van der Waals surface area contributed by atoms with Gasteiger partial charge in [0.1, 0.15) is 6.10 Å². The van der Waals surface area contributed by atoms with E-state index in [1.54, 1.807) is 0 Å². The lowest BCUT2D eigenvalue weighted by molar-refractivity contribution is -0.131. The number of aryl methyl sites for hydroxylation is 1. The quantitative estimate of drug-likeness (QED) is 0.827. The van der Waals surface area contributed by atoms with Crippen LogP contribution < -0.4 is 5.32 Å². The molecule has 1 N–H and O–H groups in total. The Hall–Kier alpha value is -1.19. The van der Waals surface area contributed by atoms with E-state index in [9.17, 15) is 4.79 Å². The van der Waals surface area contributed by atoms with Crippen molar-refractivity contribution in [2.24, 2.45) is 0 Å². The second-order valence-electron chi connectivity index (χ2n) is 4.20. The van der Waals surface area contributed by atoms with Crippen LogP contribution in [-0.2, 0) is 16.0 Å². The van der Waals surface area contributed by atoms with Gasteiger partial charge in [-0.25, -0.2) is 0 Å². The summed E-state index contributed by atoms with van der Waals surface area (Å²) in [6, 6.07) is 8.06. The highest BCUT2D eigenvalue weighted by Gasteiger charge is 2.21. The van der Waals surface area contributed by atoms with Gasteiger partial charge in [0.05, 0.1) is 6.61 Å². The first-order valence-electron chi connectivity index (χ1n) is 5.66. The van der Waals surface area contributed by atoms with Crippen molar-refractivity contribution in [1.82, 2.24) is 5.32 Å². The third kappa shape index (κ3) is 2.90. The third-order valence-corrected chi connectivity index (χ3v) is 2.75. The minimum absolute atomic E-state index is 0.165. The van der Waals surface area contributed by atoms with Crippen molar-refractivity contribution < 1.29 is 9.53 Å². The van der Waals surface area contributed by atoms with E-state index in [0.717, 1.165) is 12.1 Å². The molecule has 1 aliphatic rings. The molecule has 1 aromatic rings. The Kier molecular flexibility index (Phi) is 3.70. The van der Waals surface area contributed by atoms with Crippen molar-refractivity contribution in [3.63, 3.8) is 0 Å². The molecule has 1 heterocycles. The van der Waals surface area contributed by atoms with Gasteiger partial charge < -0.3 is 10.1 Å². The van der Waals surface area contributed by atoms with E-state index in [0.29, 0.717) is 19.6 Å². The minimum Gasteiger partial charge on any atom is -0.368 e. The zero-order chi connectivity index (χ0) is 11.4. The number of rotatable bonds is 3. The maximum atomic E-state index is 11.9. The van der Waals surface area contributed by atoms with Crippen LogP contribution in [0.5, 0.6) is 0 Å². The maximum Gasteiger partial charge on any atom is 0.167 e. The fourth-order valence-electron chi connectivity index (χ4n) is 1.91. The highest BCUT2D eigenvalue weighted by molar-refractivity contribution is 5.85. The van der Waals surface area contributed by atoms with Crippen LogP contribution in [0.1, 0.15) is 11.1 Å². The summed E-state index contributed by atoms with van der Waals surface area (Å²) in [7, 11) is 0. The van der Waals surface area contributed by atoms with Crippen molar-refractivity contribution in [3.05, 3.63) is 35.4 Å². The van der Waals surface area contributed by atoms with Crippen LogP contribution in [0, 0.1) is 6.92 Å². The van der Waals surface area contributed by atoms with Gasteiger partial charge in [-0.2, -0.15) is 0 Å². The van der Waals surface area contributed by atoms with Crippen molar-refractivity contribution in [3.8, 4) is 0 Å². The van der Waals surface area contributed by atoms with E-state index in [2.05, 4.69) is 5.32 Å². The van der Waals surface area contributed by atoms with Gasteiger partial charge in [-0.05, 0) is 12.5 Å². The van der Waals surface area contributed by atoms with Crippen molar-refractivity contribution in [2.45, 2.75) is 19.4 Å². The monoisotopic (exact) mass is 219 g/mol. The molecule has 1 atom stereocenters. The summed E-state index contributed by atoms with van der Waals surface area (Å²) in [6.45, 7) is 4.15. The molecule has 1 unspecified atom stereocenters. The summed E-state index contributed by atoms with van der Waals surface area (Å²) >= 11 is 0. The minimum atomic E-state index is -0.269. The lowest BCUT2D eigenvalue weighted by Crippen LogP contribution is -2.43. The molecule has 3 nitrogen and oxygen atoms in total. The van der Waals surface area contributed by atoms with Gasteiger partial charge >= 0.3 is 0 Å². The number of carbonyl (C=O) groups excluding carboxylic acids is 1. The lowest BCUT2D eigenvalue weighted by atomic mass is 10.0. The van der Waals surface area contributed by atoms with Crippen LogP contribution in [0.3, 0.4) is 0 Å². The van der Waals surface area contributed by atoms with E-state index >= 15 is 0 Å². The van der Waals surface area contributed by atoms with E-state index in [1.807, 2.05) is 31.2 Å². The molecular formula is C13H17NO2. The van der Waals surface area contributed by atoms with Gasteiger partial charge in [0.15, 0.2) is 5.78 Å². The summed E-state index contributed by atoms with van der Waals surface area (Å²) in [6.07, 6.45) is 0.197. The van der Waals surface area contributed by atoms with E-state index < -0.39 is 0 Å². The van der Waals surface area contributed by atoms with Crippen LogP contribution in [0.15, 0.2) is 24.3 Å². The Labute approximate surface area is 95.8 Å². The first kappa shape index (κ1) is 11.3. The van der Waals surface area contributed by atoms with Crippen molar-refractivity contribution in [2.75, 3.05) is 19.7 Å². The number of ether oxygens (including phenoxy) is 1. The number of carbonyl (C=O) groups is 1. The van der Waals surface area contributed by atoms with Gasteiger partial charge in [0, 0.05) is 19.5 Å². The molecule has 1 aliphatic heterocycles. The molecule has 0 radical (unpaired) electrons. The molecule has 0 amide bonds. The number of ketones is 1. The van der Waals surface area contributed by atoms with E-state index in [-0.39, 0.29) is 11.9 Å². The molecule has 0 bridgehead atoms. The van der Waals surface area contributed by atoms with Gasteiger partial charge in [-0.3, -0.25) is 4.79 Å². The van der Waals surface area contributed by atoms with Crippen LogP contribution in [0.25, 0.3) is 0 Å². The van der Waals surface area contributed by atoms with Gasteiger partial charge in [-0.15, -0.1) is 0 Å². The van der Waals surface area contributed by atoms with Crippen molar-refractivity contribution >= 4 is 5.78 Å². The van der Waals surface area contributed by atoms with Crippen LogP contribution in [-0.4, -0.2) is 31.6 Å². The number of hydrogen-bond acceptors (Lipinski definition) is 3. The summed E-state index contributed by atoms with van der Waals surface area (Å²) in [4.78, 5) is 11.9. The smallest absolute Gasteiger partial charge is 0.167 e. The molecule has 0 aromatic heterocycles. The van der Waals surface area contributed by atoms with Crippen molar-refractivity contribution in [1.29, 1.82) is 0 Å². The molecule has 16 heavy (non-hydrogen) atoms. The first-order chi connectivity index (χ1) is 7.75. The molecule has 0 spiro atoms. The van der Waals surface area contributed by atoms with Crippen LogP contribution in [0.4, 0.5) is 0 Å². The Morgan fingerprint density at radius 3 is 3.12 bits per heavy atom. The normalized spacial score (nSPS) is 20.7. The summed E-state index contributed by atoms with van der Waals surface area (Å²) in [5.41, 5.74) is 2.26. The molecule has 1 fully saturated rings. The Morgan fingerprint density at radius 1 is 1.56 bits per heavy atom. The predicted octanol–water partition coefficient (Wildman–Crippen LogP) is 1.10. The number of Topliss-reactive ketones (excluding diaryl/α,β-unsaturated/α-hetero) is 1. The number of benzene rings is 1. The van der Waals surface area contributed by atoms with Crippen LogP contribution in [0.2, 0.25) is 0 Å². The molecule has 1 saturated heterocycles. The molecule has 86 valence electrons. The molecule has 0 saturated carbocycles. The highest BCUT2D eigenvalue weighted by atomic mass is 16.5. The maximum absolute atomic E-state index is 11.9. The second-order valence-corrected chi connectivity index (χ2v) is 4.20. The number of morpholine rings is 1. The number of nitrogens with one attached hydrogen (secondary N) is 1. The number of hydrogen-bond donors (Lipinski definition) is 1. The standard InChI is InChI=1S/C13H17NO2/c1-10-3-2-4-11(7-10)8-12(15)13-9-14-5-6-16-13/h2-4,7,13-14H,5-6,8-9H2,1H3. The first-order valence-corrected chi connectivity index (χ1v) is 5.66. The summed E-state index contributed by atoms with van der Waals surface area (Å²) < 4.78 is 5.43. The average Bonchev–Trinajstić information content (AvgIpc) is 2.30. The predicted molar refractivity (Wildman–Crippen MR) is 62.5 cm³/mol. The topological polar surface area (TPSA) is 38.3 Å². The van der Waals surface area contributed by atoms with E-state index in [1.165, 1.54) is 5.56 Å². The zero-order valence-corrected chi connectivity index (χ0v) is 9.53. The van der Waals surface area contributed by atoms with Gasteiger partial charge in [-0.1, -0.05) is 29.8 Å². The Balaban J connectivity index is 1.96. The highest BCUT2D eigenvalue weighted by Crippen LogP contribution is 2.08. The molecule has 2 rings (SSSR count). The lowest BCUT2D eigenvalue weighted by Gasteiger charge is -2.22. The fourth-order valence-corrected chi connectivity index (χ4v) is 1.91. The summed E-state index contributed by atoms with van der Waals surface area (Å²) in [5.74, 6) is 0.165. The van der Waals surface area contributed by atoms with Gasteiger partial charge in [0.25, 0.3) is 0 Å². The Bertz CT molecular complexity index is 370. The average molecular weight is 219 g/mol. The fraction of sp³-hybridized carbons (Fsp3) is 0.462. The zero-order valence-electron chi connectivity index (χ0n) is 9.53. The second kappa shape index (κ2) is 5.23. The SMILES string of the molecule is Cc1cccc(CC(=O)C2CNCCO2)c1. The molecular weight excluding hydrogens is 202 g/mol. The Morgan fingerprint density at radius 2 is 2.44 bits per heavy atom. The van der Waals surface area contributed by atoms with Gasteiger partial charge in [0.2, 0.25) is 0 Å².